The third kappa shape index (κ3) is 9.11. The highest BCUT2D eigenvalue weighted by atomic mass is 16.4. The van der Waals surface area contributed by atoms with Gasteiger partial charge in [0.2, 0.25) is 0 Å². The van der Waals surface area contributed by atoms with Crippen molar-refractivity contribution in [2.45, 2.75) is 25.8 Å². The molecule has 0 bridgehead atoms. The third-order valence-corrected chi connectivity index (χ3v) is 2.68. The molecule has 120 valence electrons. The molecule has 0 aliphatic heterocycles. The Kier molecular flexibility index (Phi) is 9.46. The molecule has 1 aromatic rings. The summed E-state index contributed by atoms with van der Waals surface area (Å²) in [6.07, 6.45) is 1.08. The first-order chi connectivity index (χ1) is 10.4. The molecule has 1 rings (SSSR count). The van der Waals surface area contributed by atoms with Gasteiger partial charge in [0.15, 0.2) is 5.96 Å². The summed E-state index contributed by atoms with van der Waals surface area (Å²) in [7, 11) is 0. The predicted molar refractivity (Wildman–Crippen MR) is 85.8 cm³/mol. The molecule has 8 heteroatoms. The molecule has 8 nitrogen and oxygen atoms in total. The lowest BCUT2D eigenvalue weighted by Crippen LogP contribution is -2.33. The van der Waals surface area contributed by atoms with Crippen LogP contribution in [0.25, 0.3) is 0 Å². The molecular formula is C14H22N6O2. The van der Waals surface area contributed by atoms with E-state index >= 15 is 0 Å². The molecule has 0 aromatic heterocycles. The summed E-state index contributed by atoms with van der Waals surface area (Å²) in [4.78, 5) is 11.1. The van der Waals surface area contributed by atoms with E-state index in [0.717, 1.165) is 11.3 Å². The molecule has 0 heterocycles. The monoisotopic (exact) mass is 306 g/mol. The number of carbonyl (C=O) groups is 1. The molecule has 0 aliphatic carbocycles. The minimum Gasteiger partial charge on any atom is -0.480 e. The Hall–Kier alpha value is -2.86. The Morgan fingerprint density at radius 1 is 1.36 bits per heavy atom. The number of benzene rings is 1. The highest BCUT2D eigenvalue weighted by Gasteiger charge is 2.16. The van der Waals surface area contributed by atoms with Gasteiger partial charge in [0.1, 0.15) is 6.04 Å². The second kappa shape index (κ2) is 10.9. The molecule has 0 aliphatic rings. The Labute approximate surface area is 129 Å². The van der Waals surface area contributed by atoms with E-state index in [2.05, 4.69) is 10.6 Å². The van der Waals surface area contributed by atoms with Gasteiger partial charge in [-0.2, -0.15) is 0 Å². The first-order valence-electron chi connectivity index (χ1n) is 6.63. The topological polar surface area (TPSA) is 159 Å². The van der Waals surface area contributed by atoms with Crippen LogP contribution in [-0.2, 0) is 4.79 Å². The lowest BCUT2D eigenvalue weighted by atomic mass is 10.1. The van der Waals surface area contributed by atoms with Gasteiger partial charge < -0.3 is 21.5 Å². The van der Waals surface area contributed by atoms with Crippen LogP contribution in [-0.4, -0.2) is 35.6 Å². The van der Waals surface area contributed by atoms with E-state index < -0.39 is 12.0 Å². The van der Waals surface area contributed by atoms with Gasteiger partial charge in [-0.05, 0) is 31.9 Å². The van der Waals surface area contributed by atoms with Crippen LogP contribution in [0.2, 0.25) is 0 Å². The molecular weight excluding hydrogens is 284 g/mol. The zero-order valence-electron chi connectivity index (χ0n) is 12.4. The molecule has 0 saturated carbocycles. The highest BCUT2D eigenvalue weighted by molar-refractivity contribution is 5.77. The van der Waals surface area contributed by atoms with Crippen LogP contribution in [0.1, 0.15) is 18.4 Å². The Bertz CT molecular complexity index is 509. The molecule has 8 N–H and O–H groups in total. The van der Waals surface area contributed by atoms with Crippen molar-refractivity contribution >= 4 is 23.6 Å². The van der Waals surface area contributed by atoms with Gasteiger partial charge in [0, 0.05) is 12.2 Å². The number of nitrogens with two attached hydrogens (primary N) is 1. The van der Waals surface area contributed by atoms with Crippen LogP contribution in [0.4, 0.5) is 5.69 Å². The molecule has 1 atom stereocenters. The fraction of sp³-hybridized carbons (Fsp3) is 0.357. The maximum atomic E-state index is 11.1. The van der Waals surface area contributed by atoms with Crippen molar-refractivity contribution in [2.24, 2.45) is 5.73 Å². The van der Waals surface area contributed by atoms with Crippen molar-refractivity contribution in [2.75, 3.05) is 11.9 Å². The number of aliphatic carboxylic acids is 1. The van der Waals surface area contributed by atoms with E-state index in [0.29, 0.717) is 19.4 Å². The van der Waals surface area contributed by atoms with Gasteiger partial charge in [0.05, 0.1) is 6.01 Å². The average molecular weight is 306 g/mol. The van der Waals surface area contributed by atoms with E-state index in [1.807, 2.05) is 31.2 Å². The van der Waals surface area contributed by atoms with Crippen LogP contribution in [0, 0.1) is 23.2 Å². The third-order valence-electron chi connectivity index (χ3n) is 2.68. The zero-order chi connectivity index (χ0) is 17.0. The number of aryl methyl sites for hydroxylation is 1. The normalized spacial score (nSPS) is 10.4. The first kappa shape index (κ1) is 19.1. The van der Waals surface area contributed by atoms with Crippen molar-refractivity contribution in [1.82, 2.24) is 5.32 Å². The van der Waals surface area contributed by atoms with Crippen molar-refractivity contribution in [3.8, 4) is 0 Å². The molecule has 0 radical (unpaired) electrons. The number of carboxylic acid groups (broad SMARTS) is 1. The molecule has 0 spiro atoms. The minimum atomic E-state index is -0.886. The van der Waals surface area contributed by atoms with Gasteiger partial charge in [-0.3, -0.25) is 5.41 Å². The number of anilines is 1. The molecule has 1 aromatic carbocycles. The van der Waals surface area contributed by atoms with Crippen LogP contribution in [0.5, 0.6) is 0 Å². The summed E-state index contributed by atoms with van der Waals surface area (Å²) in [5.74, 6) is -0.984. The number of rotatable bonds is 7. The average Bonchev–Trinajstić information content (AvgIpc) is 2.44. The maximum absolute atomic E-state index is 11.1. The van der Waals surface area contributed by atoms with Gasteiger partial charge in [-0.15, -0.1) is 0 Å². The summed E-state index contributed by atoms with van der Waals surface area (Å²) < 4.78 is 0. The molecule has 22 heavy (non-hydrogen) atoms. The van der Waals surface area contributed by atoms with Gasteiger partial charge in [0.25, 0.3) is 0 Å². The second-order valence-electron chi connectivity index (χ2n) is 4.51. The number of guanidine groups is 1. The van der Waals surface area contributed by atoms with Gasteiger partial charge >= 0.3 is 5.97 Å². The summed E-state index contributed by atoms with van der Waals surface area (Å²) in [5.41, 5.74) is 7.06. The SMILES string of the molecule is Cc1ccc(N[C@@H](CCCNC(=N)N)C(=O)O)cc1.N=C=N. The van der Waals surface area contributed by atoms with E-state index in [1.165, 1.54) is 6.01 Å². The lowest BCUT2D eigenvalue weighted by molar-refractivity contribution is -0.138. The van der Waals surface area contributed by atoms with Crippen molar-refractivity contribution in [3.05, 3.63) is 29.8 Å². The number of hydrogen-bond donors (Lipinski definition) is 7. The summed E-state index contributed by atoms with van der Waals surface area (Å²) >= 11 is 0. The number of hydrogen-bond acceptors (Lipinski definition) is 5. The second-order valence-corrected chi connectivity index (χ2v) is 4.51. The van der Waals surface area contributed by atoms with Crippen LogP contribution < -0.4 is 16.4 Å². The van der Waals surface area contributed by atoms with E-state index in [9.17, 15) is 4.79 Å². The van der Waals surface area contributed by atoms with Crippen LogP contribution in [0.15, 0.2) is 24.3 Å². The quantitative estimate of drug-likeness (QED) is 0.230. The van der Waals surface area contributed by atoms with E-state index in [1.54, 1.807) is 0 Å². The Morgan fingerprint density at radius 3 is 2.36 bits per heavy atom. The van der Waals surface area contributed by atoms with Gasteiger partial charge in [-0.25, -0.2) is 15.6 Å². The van der Waals surface area contributed by atoms with Crippen LogP contribution in [0.3, 0.4) is 0 Å². The zero-order valence-corrected chi connectivity index (χ0v) is 12.4. The smallest absolute Gasteiger partial charge is 0.326 e. The Balaban J connectivity index is 0.00000135. The van der Waals surface area contributed by atoms with E-state index in [-0.39, 0.29) is 5.96 Å². The Morgan fingerprint density at radius 2 is 1.91 bits per heavy atom. The summed E-state index contributed by atoms with van der Waals surface area (Å²) in [6, 6.07) is 8.19. The first-order valence-corrected chi connectivity index (χ1v) is 6.63. The van der Waals surface area contributed by atoms with Crippen molar-refractivity contribution in [1.29, 1.82) is 16.2 Å². The van der Waals surface area contributed by atoms with Gasteiger partial charge in [-0.1, -0.05) is 17.7 Å². The fourth-order valence-corrected chi connectivity index (χ4v) is 1.64. The lowest BCUT2D eigenvalue weighted by Gasteiger charge is -2.16. The number of nitrogens with one attached hydrogen (secondary N) is 5. The standard InChI is InChI=1S/C13H20N4O2.CH2N2/c1-9-4-6-10(7-5-9)17-11(12(18)19)3-2-8-16-13(14)15;2-1-3/h4-7,11,17H,2-3,8H2,1H3,(H,18,19)(H4,14,15,16);2-3H/t11-;/m0./s1. The van der Waals surface area contributed by atoms with E-state index in [4.69, 9.17) is 27.1 Å². The molecule has 0 fully saturated rings. The minimum absolute atomic E-state index is 0.0987. The van der Waals surface area contributed by atoms with Crippen molar-refractivity contribution < 1.29 is 9.90 Å². The fourth-order valence-electron chi connectivity index (χ4n) is 1.64. The largest absolute Gasteiger partial charge is 0.480 e. The molecule has 0 saturated heterocycles. The number of carboxylic acids is 1. The maximum Gasteiger partial charge on any atom is 0.326 e. The van der Waals surface area contributed by atoms with Crippen molar-refractivity contribution in [3.63, 3.8) is 0 Å². The molecule has 0 unspecified atom stereocenters. The van der Waals surface area contributed by atoms with Crippen LogP contribution >= 0.6 is 0 Å². The highest BCUT2D eigenvalue weighted by Crippen LogP contribution is 2.12. The predicted octanol–water partition coefficient (Wildman–Crippen LogP) is 1.44. The summed E-state index contributed by atoms with van der Waals surface area (Å²) in [5, 5.41) is 33.0. The molecule has 0 amide bonds. The summed E-state index contributed by atoms with van der Waals surface area (Å²) in [6.45, 7) is 2.47.